The molecule has 0 radical (unpaired) electrons. The molecule has 1 N–H and O–H groups in total. The number of hydrogen-bond acceptors (Lipinski definition) is 1. The molecule has 4 fully saturated rings. The molecule has 5 rings (SSSR count). The highest BCUT2D eigenvalue weighted by Crippen LogP contribution is 2.67. The third-order valence-electron chi connectivity index (χ3n) is 10.9. The number of hydrogen-bond donors (Lipinski definition) is 1. The molecule has 7 unspecified atom stereocenters. The van der Waals surface area contributed by atoms with Crippen molar-refractivity contribution in [2.75, 3.05) is 0 Å². The topological polar surface area (TPSA) is 20.2 Å². The first kappa shape index (κ1) is 26.3. The molecule has 1 nitrogen and oxygen atoms in total. The maximum atomic E-state index is 10.4. The van der Waals surface area contributed by atoms with Gasteiger partial charge in [0.25, 0.3) is 0 Å². The van der Waals surface area contributed by atoms with Gasteiger partial charge in [-0.2, -0.15) is 0 Å². The van der Waals surface area contributed by atoms with E-state index in [9.17, 15) is 5.11 Å². The molecule has 0 aromatic heterocycles. The number of aliphatic hydroxyl groups excluding tert-OH is 1. The van der Waals surface area contributed by atoms with Gasteiger partial charge in [0.05, 0.1) is 6.10 Å². The fraction of sp³-hybridized carbons (Fsp3) is 0.935. The van der Waals surface area contributed by atoms with E-state index in [4.69, 9.17) is 0 Å². The minimum Gasteiger partial charge on any atom is -0.393 e. The molecule has 0 heterocycles. The summed E-state index contributed by atoms with van der Waals surface area (Å²) in [6.45, 7) is 18.5. The van der Waals surface area contributed by atoms with E-state index in [1.165, 1.54) is 64.2 Å². The first-order valence-corrected chi connectivity index (χ1v) is 14.6. The molecule has 10 atom stereocenters. The van der Waals surface area contributed by atoms with Crippen LogP contribution >= 0.6 is 0 Å². The molecule has 0 aliphatic heterocycles. The fourth-order valence-corrected chi connectivity index (χ4v) is 9.47. The molecule has 5 aliphatic rings. The Bertz CT molecular complexity index is 636. The van der Waals surface area contributed by atoms with Crippen molar-refractivity contribution in [1.82, 2.24) is 0 Å². The summed E-state index contributed by atoms with van der Waals surface area (Å²) in [7, 11) is 0. The average Bonchev–Trinajstić information content (AvgIpc) is 2.77. The Morgan fingerprint density at radius 3 is 2.28 bits per heavy atom. The van der Waals surface area contributed by atoms with Gasteiger partial charge in [-0.15, -0.1) is 0 Å². The lowest BCUT2D eigenvalue weighted by atomic mass is 9.42. The van der Waals surface area contributed by atoms with E-state index in [1.807, 2.05) is 19.4 Å². The lowest BCUT2D eigenvalue weighted by Gasteiger charge is -2.63. The van der Waals surface area contributed by atoms with Crippen molar-refractivity contribution in [2.24, 2.45) is 52.3 Å². The lowest BCUT2D eigenvalue weighted by Crippen LogP contribution is -2.55. The molecule has 0 aromatic rings. The van der Waals surface area contributed by atoms with Crippen LogP contribution in [0.1, 0.15) is 126 Å². The monoisotopic (exact) mass is 444 g/mol. The van der Waals surface area contributed by atoms with Gasteiger partial charge in [-0.3, -0.25) is 0 Å². The molecular formula is C31H56O. The summed E-state index contributed by atoms with van der Waals surface area (Å²) in [5.41, 5.74) is 3.03. The first-order valence-electron chi connectivity index (χ1n) is 14.6. The second kappa shape index (κ2) is 10.5. The Balaban J connectivity index is 0.000000536. The van der Waals surface area contributed by atoms with Crippen molar-refractivity contribution < 1.29 is 5.11 Å². The van der Waals surface area contributed by atoms with E-state index in [2.05, 4.69) is 47.6 Å². The summed E-state index contributed by atoms with van der Waals surface area (Å²) in [4.78, 5) is 0. The van der Waals surface area contributed by atoms with E-state index in [0.29, 0.717) is 16.7 Å². The van der Waals surface area contributed by atoms with Crippen molar-refractivity contribution in [1.29, 1.82) is 0 Å². The van der Waals surface area contributed by atoms with Crippen LogP contribution in [0.4, 0.5) is 0 Å². The van der Waals surface area contributed by atoms with Crippen molar-refractivity contribution in [2.45, 2.75) is 132 Å². The molecule has 0 spiro atoms. The van der Waals surface area contributed by atoms with Crippen LogP contribution in [0.15, 0.2) is 11.6 Å². The van der Waals surface area contributed by atoms with Crippen LogP contribution in [0.2, 0.25) is 0 Å². The van der Waals surface area contributed by atoms with Crippen LogP contribution in [0.25, 0.3) is 0 Å². The Hall–Kier alpha value is -0.300. The smallest absolute Gasteiger partial charge is 0.0568 e. The highest BCUT2D eigenvalue weighted by atomic mass is 16.3. The molecule has 4 saturated carbocycles. The van der Waals surface area contributed by atoms with Crippen LogP contribution in [0.3, 0.4) is 0 Å². The number of allylic oxidation sites excluding steroid dienone is 2. The maximum absolute atomic E-state index is 10.4. The minimum atomic E-state index is -0.0382. The van der Waals surface area contributed by atoms with Gasteiger partial charge in [-0.1, -0.05) is 86.3 Å². The molecule has 0 saturated heterocycles. The third-order valence-corrected chi connectivity index (χ3v) is 10.9. The van der Waals surface area contributed by atoms with E-state index in [-0.39, 0.29) is 6.10 Å². The molecule has 0 bridgehead atoms. The van der Waals surface area contributed by atoms with Gasteiger partial charge in [0.15, 0.2) is 0 Å². The Morgan fingerprint density at radius 2 is 1.59 bits per heavy atom. The van der Waals surface area contributed by atoms with E-state index in [1.54, 1.807) is 0 Å². The molecule has 0 aromatic carbocycles. The van der Waals surface area contributed by atoms with Crippen LogP contribution in [0, 0.1) is 52.3 Å². The second-order valence-corrected chi connectivity index (χ2v) is 12.7. The van der Waals surface area contributed by atoms with Crippen LogP contribution in [-0.2, 0) is 0 Å². The summed E-state index contributed by atoms with van der Waals surface area (Å²) in [5, 5.41) is 10.4. The summed E-state index contributed by atoms with van der Waals surface area (Å²) >= 11 is 0. The summed E-state index contributed by atoms with van der Waals surface area (Å²) in [6.07, 6.45) is 17.7. The molecular weight excluding hydrogens is 388 g/mol. The number of aliphatic hydroxyl groups is 1. The minimum absolute atomic E-state index is 0.0382. The van der Waals surface area contributed by atoms with Gasteiger partial charge in [-0.25, -0.2) is 0 Å². The fourth-order valence-electron chi connectivity index (χ4n) is 9.47. The standard InChI is InChI=1S/C26H42O.C3H8.C2H6/c1-16-6-5-13-25(3)14-12-22-20(24(16)25)7-9-21-19-8-10-23(27)17(2)18(19)11-15-26(21,22)4;1-3-2;1-2/h7,16-19,21-24,27H,5-6,8-15H2,1-4H3;3H2,1-2H3;1-2H3/t16-,17-,18?,19-,21?,22?,23?,24?,25?,26?;;/m0../s1. The van der Waals surface area contributed by atoms with Crippen molar-refractivity contribution in [3.05, 3.63) is 11.6 Å². The largest absolute Gasteiger partial charge is 0.393 e. The molecule has 0 amide bonds. The van der Waals surface area contributed by atoms with Crippen LogP contribution in [0.5, 0.6) is 0 Å². The predicted molar refractivity (Wildman–Crippen MR) is 140 cm³/mol. The van der Waals surface area contributed by atoms with Crippen LogP contribution < -0.4 is 0 Å². The van der Waals surface area contributed by atoms with E-state index >= 15 is 0 Å². The third kappa shape index (κ3) is 4.38. The Labute approximate surface area is 201 Å². The van der Waals surface area contributed by atoms with Gasteiger partial charge in [-0.05, 0) is 104 Å². The highest BCUT2D eigenvalue weighted by Gasteiger charge is 2.58. The molecule has 32 heavy (non-hydrogen) atoms. The SMILES string of the molecule is CC.CCC.C[C@@H]1C(O)CC[C@H]2C1CCC1(C)C3CCC4(C)CCC[C@H](C)C4C3=CCC21. The summed E-state index contributed by atoms with van der Waals surface area (Å²) in [6, 6.07) is 0. The Kier molecular flexibility index (Phi) is 8.66. The van der Waals surface area contributed by atoms with Gasteiger partial charge >= 0.3 is 0 Å². The predicted octanol–water partition coefficient (Wildman–Crippen LogP) is 9.05. The van der Waals surface area contributed by atoms with E-state index in [0.717, 1.165) is 41.9 Å². The number of rotatable bonds is 0. The quantitative estimate of drug-likeness (QED) is 0.369. The Morgan fingerprint density at radius 1 is 0.906 bits per heavy atom. The van der Waals surface area contributed by atoms with Crippen molar-refractivity contribution >= 4 is 0 Å². The van der Waals surface area contributed by atoms with Gasteiger partial charge in [0, 0.05) is 0 Å². The zero-order chi connectivity index (χ0) is 23.7. The summed E-state index contributed by atoms with van der Waals surface area (Å²) in [5.74, 6) is 5.67. The molecule has 186 valence electrons. The van der Waals surface area contributed by atoms with Gasteiger partial charge in [0.1, 0.15) is 0 Å². The lowest BCUT2D eigenvalue weighted by molar-refractivity contribution is -0.107. The van der Waals surface area contributed by atoms with Gasteiger partial charge < -0.3 is 5.11 Å². The zero-order valence-electron chi connectivity index (χ0n) is 22.9. The second-order valence-electron chi connectivity index (χ2n) is 12.7. The summed E-state index contributed by atoms with van der Waals surface area (Å²) < 4.78 is 0. The molecule has 1 heteroatoms. The maximum Gasteiger partial charge on any atom is 0.0568 e. The average molecular weight is 445 g/mol. The number of fused-ring (bicyclic) bond motifs is 7. The zero-order valence-corrected chi connectivity index (χ0v) is 22.9. The van der Waals surface area contributed by atoms with Crippen LogP contribution in [-0.4, -0.2) is 11.2 Å². The van der Waals surface area contributed by atoms with Gasteiger partial charge in [0.2, 0.25) is 0 Å². The highest BCUT2D eigenvalue weighted by molar-refractivity contribution is 5.27. The van der Waals surface area contributed by atoms with Crippen molar-refractivity contribution in [3.63, 3.8) is 0 Å². The van der Waals surface area contributed by atoms with E-state index < -0.39 is 0 Å². The normalized spacial score (nSPS) is 49.3. The van der Waals surface area contributed by atoms with Crippen molar-refractivity contribution in [3.8, 4) is 0 Å². The molecule has 5 aliphatic carbocycles. The first-order chi connectivity index (χ1) is 15.3.